The van der Waals surface area contributed by atoms with E-state index in [2.05, 4.69) is 4.90 Å². The van der Waals surface area contributed by atoms with Crippen LogP contribution < -0.4 is 14.4 Å². The number of fused-ring (bicyclic) bond motifs is 1. The summed E-state index contributed by atoms with van der Waals surface area (Å²) in [7, 11) is 3.21. The minimum atomic E-state index is -3.01. The molecule has 190 valence electrons. The molecule has 1 heterocycles. The first kappa shape index (κ1) is 24.4. The van der Waals surface area contributed by atoms with Gasteiger partial charge in [-0.2, -0.15) is 0 Å². The Hall–Kier alpha value is -3.28. The first-order chi connectivity index (χ1) is 17.4. The Morgan fingerprint density at radius 2 is 1.50 bits per heavy atom. The van der Waals surface area contributed by atoms with Crippen LogP contribution in [-0.4, -0.2) is 32.4 Å². The summed E-state index contributed by atoms with van der Waals surface area (Å²) in [5.41, 5.74) is 5.44. The van der Waals surface area contributed by atoms with E-state index in [0.29, 0.717) is 29.0 Å². The zero-order chi connectivity index (χ0) is 25.4. The number of nitrogens with zero attached hydrogens (tertiary/aromatic N) is 1. The molecule has 4 nitrogen and oxygen atoms in total. The Labute approximate surface area is 211 Å². The highest BCUT2D eigenvalue weighted by atomic mass is 19.3. The van der Waals surface area contributed by atoms with Gasteiger partial charge in [-0.1, -0.05) is 13.0 Å². The maximum absolute atomic E-state index is 15.2. The van der Waals surface area contributed by atoms with Gasteiger partial charge < -0.3 is 19.5 Å². The quantitative estimate of drug-likeness (QED) is 0.374. The maximum Gasteiger partial charge on any atom is 0.273 e. The zero-order valence-electron chi connectivity index (χ0n) is 21.2. The first-order valence-electron chi connectivity index (χ1n) is 12.7. The van der Waals surface area contributed by atoms with Gasteiger partial charge in [-0.3, -0.25) is 0 Å². The van der Waals surface area contributed by atoms with E-state index in [9.17, 15) is 5.11 Å². The van der Waals surface area contributed by atoms with Crippen LogP contribution in [0.15, 0.2) is 42.5 Å². The fourth-order valence-electron chi connectivity index (χ4n) is 5.63. The molecule has 0 atom stereocenters. The van der Waals surface area contributed by atoms with Gasteiger partial charge in [0, 0.05) is 42.4 Å². The molecule has 5 rings (SSSR count). The Kier molecular flexibility index (Phi) is 6.54. The molecular weight excluding hydrogens is 460 g/mol. The number of hydrogen-bond acceptors (Lipinski definition) is 4. The van der Waals surface area contributed by atoms with Crippen LogP contribution in [0.3, 0.4) is 0 Å². The van der Waals surface area contributed by atoms with Crippen molar-refractivity contribution in [2.24, 2.45) is 0 Å². The molecule has 1 saturated heterocycles. The van der Waals surface area contributed by atoms with E-state index >= 15 is 8.78 Å². The third-order valence-corrected chi connectivity index (χ3v) is 7.64. The second kappa shape index (κ2) is 9.64. The standard InChI is InChI=1S/C30H33F2NO3/c1-4-30(31,32)28-11-10-20(33-12-5-6-13-33)16-26(28)27-18-25(23-8-7-9-24(23)29(27)34)19-14-21(35-2)17-22(15-19)36-3/h10-11,14-18,34H,4-9,12-13H2,1-3H3. The summed E-state index contributed by atoms with van der Waals surface area (Å²) in [6.45, 7) is 3.32. The largest absolute Gasteiger partial charge is 0.507 e. The summed E-state index contributed by atoms with van der Waals surface area (Å²) >= 11 is 0. The number of benzene rings is 3. The summed E-state index contributed by atoms with van der Waals surface area (Å²) in [5, 5.41) is 11.4. The van der Waals surface area contributed by atoms with Crippen molar-refractivity contribution in [3.8, 4) is 39.5 Å². The van der Waals surface area contributed by atoms with Gasteiger partial charge in [0.25, 0.3) is 5.92 Å². The molecule has 2 aliphatic rings. The van der Waals surface area contributed by atoms with Crippen LogP contribution >= 0.6 is 0 Å². The van der Waals surface area contributed by atoms with Crippen LogP contribution in [0, 0.1) is 0 Å². The fourth-order valence-corrected chi connectivity index (χ4v) is 5.63. The lowest BCUT2D eigenvalue weighted by Gasteiger charge is -2.25. The van der Waals surface area contributed by atoms with Gasteiger partial charge in [0.15, 0.2) is 0 Å². The van der Waals surface area contributed by atoms with E-state index in [0.717, 1.165) is 66.7 Å². The molecule has 3 aromatic carbocycles. The Morgan fingerprint density at radius 1 is 0.833 bits per heavy atom. The number of phenolic OH excluding ortho intramolecular Hbond substituents is 1. The summed E-state index contributed by atoms with van der Waals surface area (Å²) in [5.74, 6) is -1.59. The van der Waals surface area contributed by atoms with Crippen molar-refractivity contribution in [3.05, 3.63) is 59.2 Å². The monoisotopic (exact) mass is 493 g/mol. The highest BCUT2D eigenvalue weighted by molar-refractivity contribution is 5.86. The van der Waals surface area contributed by atoms with Crippen LogP contribution in [0.1, 0.15) is 49.3 Å². The predicted octanol–water partition coefficient (Wildman–Crippen LogP) is 7.33. The second-order valence-electron chi connectivity index (χ2n) is 9.71. The molecule has 0 unspecified atom stereocenters. The van der Waals surface area contributed by atoms with Crippen molar-refractivity contribution in [1.82, 2.24) is 0 Å². The van der Waals surface area contributed by atoms with Crippen molar-refractivity contribution in [2.45, 2.75) is 51.4 Å². The van der Waals surface area contributed by atoms with E-state index in [1.165, 1.54) is 6.92 Å². The molecule has 0 aromatic heterocycles. The minimum absolute atomic E-state index is 0.0460. The number of methoxy groups -OCH3 is 2. The molecule has 0 spiro atoms. The van der Waals surface area contributed by atoms with Gasteiger partial charge >= 0.3 is 0 Å². The van der Waals surface area contributed by atoms with Gasteiger partial charge in [-0.05, 0) is 90.3 Å². The molecule has 0 radical (unpaired) electrons. The van der Waals surface area contributed by atoms with Crippen LogP contribution in [-0.2, 0) is 18.8 Å². The third kappa shape index (κ3) is 4.27. The number of rotatable bonds is 7. The Bertz CT molecular complexity index is 1260. The van der Waals surface area contributed by atoms with E-state index in [1.807, 2.05) is 30.3 Å². The van der Waals surface area contributed by atoms with Gasteiger partial charge in [-0.15, -0.1) is 0 Å². The van der Waals surface area contributed by atoms with Crippen LogP contribution in [0.25, 0.3) is 22.3 Å². The molecule has 1 aliphatic heterocycles. The van der Waals surface area contributed by atoms with E-state index < -0.39 is 5.92 Å². The van der Waals surface area contributed by atoms with Gasteiger partial charge in [0.1, 0.15) is 17.2 Å². The van der Waals surface area contributed by atoms with Gasteiger partial charge in [0.05, 0.1) is 14.2 Å². The molecule has 6 heteroatoms. The van der Waals surface area contributed by atoms with Crippen LogP contribution in [0.2, 0.25) is 0 Å². The number of ether oxygens (including phenoxy) is 2. The molecule has 36 heavy (non-hydrogen) atoms. The van der Waals surface area contributed by atoms with E-state index in [-0.39, 0.29) is 17.7 Å². The van der Waals surface area contributed by atoms with Crippen molar-refractivity contribution in [1.29, 1.82) is 0 Å². The molecule has 1 aliphatic carbocycles. The average Bonchev–Trinajstić information content (AvgIpc) is 3.61. The van der Waals surface area contributed by atoms with Crippen molar-refractivity contribution in [3.63, 3.8) is 0 Å². The molecule has 3 aromatic rings. The zero-order valence-corrected chi connectivity index (χ0v) is 21.2. The smallest absolute Gasteiger partial charge is 0.273 e. The minimum Gasteiger partial charge on any atom is -0.507 e. The summed E-state index contributed by atoms with van der Waals surface area (Å²) in [6, 6.07) is 12.7. The summed E-state index contributed by atoms with van der Waals surface area (Å²) < 4.78 is 41.5. The molecule has 0 amide bonds. The second-order valence-corrected chi connectivity index (χ2v) is 9.71. The van der Waals surface area contributed by atoms with Gasteiger partial charge in [-0.25, -0.2) is 8.78 Å². The molecule has 0 bridgehead atoms. The number of anilines is 1. The molecule has 1 N–H and O–H groups in total. The predicted molar refractivity (Wildman–Crippen MR) is 140 cm³/mol. The number of aromatic hydroxyl groups is 1. The Balaban J connectivity index is 1.76. The van der Waals surface area contributed by atoms with Crippen LogP contribution in [0.4, 0.5) is 14.5 Å². The summed E-state index contributed by atoms with van der Waals surface area (Å²) in [4.78, 5) is 2.23. The highest BCUT2D eigenvalue weighted by Crippen LogP contribution is 2.49. The Morgan fingerprint density at radius 3 is 2.14 bits per heavy atom. The number of phenols is 1. The molecule has 1 fully saturated rings. The molecule has 0 saturated carbocycles. The van der Waals surface area contributed by atoms with E-state index in [4.69, 9.17) is 9.47 Å². The van der Waals surface area contributed by atoms with Crippen molar-refractivity contribution < 1.29 is 23.4 Å². The molecular formula is C30H33F2NO3. The lowest BCUT2D eigenvalue weighted by Crippen LogP contribution is -2.19. The van der Waals surface area contributed by atoms with Crippen molar-refractivity contribution >= 4 is 5.69 Å². The highest BCUT2D eigenvalue weighted by Gasteiger charge is 2.34. The van der Waals surface area contributed by atoms with Gasteiger partial charge in [0.2, 0.25) is 0 Å². The summed E-state index contributed by atoms with van der Waals surface area (Å²) in [6.07, 6.45) is 4.32. The lowest BCUT2D eigenvalue weighted by molar-refractivity contribution is -0.00768. The number of halogens is 2. The average molecular weight is 494 g/mol. The maximum atomic E-state index is 15.2. The fraction of sp³-hybridized carbons (Fsp3) is 0.400. The lowest BCUT2D eigenvalue weighted by atomic mass is 9.87. The van der Waals surface area contributed by atoms with Crippen molar-refractivity contribution in [2.75, 3.05) is 32.2 Å². The first-order valence-corrected chi connectivity index (χ1v) is 12.7. The topological polar surface area (TPSA) is 41.9 Å². The van der Waals surface area contributed by atoms with E-state index in [1.54, 1.807) is 26.4 Å². The third-order valence-electron chi connectivity index (χ3n) is 7.64. The number of alkyl halides is 2. The van der Waals surface area contributed by atoms with Crippen LogP contribution in [0.5, 0.6) is 17.2 Å². The normalized spacial score (nSPS) is 15.3. The number of hydrogen-bond donors (Lipinski definition) is 1. The SMILES string of the molecule is CCC(F)(F)c1ccc(N2CCCC2)cc1-c1cc(-c2cc(OC)cc(OC)c2)c2c(c1O)CCC2.